The predicted molar refractivity (Wildman–Crippen MR) is 132 cm³/mol. The number of nitro groups is 1. The summed E-state index contributed by atoms with van der Waals surface area (Å²) in [5.74, 6) is -1.50. The van der Waals surface area contributed by atoms with E-state index < -0.39 is 22.8 Å². The number of aromatic nitrogens is 2. The fourth-order valence-electron chi connectivity index (χ4n) is 3.77. The lowest BCUT2D eigenvalue weighted by Gasteiger charge is -2.18. The lowest BCUT2D eigenvalue weighted by atomic mass is 10.0. The van der Waals surface area contributed by atoms with Gasteiger partial charge in [-0.05, 0) is 58.0 Å². The third kappa shape index (κ3) is 6.41. The Kier molecular flexibility index (Phi) is 8.31. The quantitative estimate of drug-likeness (QED) is 0.199. The SMILES string of the molecule is Cc1nn(-c2ccc(F)cc2)c(C)c1/C=C/C(=O)NC(CC(=O)OC(C)C)c1ccccc1[N+](=O)[O-]. The smallest absolute Gasteiger partial charge is 0.308 e. The van der Waals surface area contributed by atoms with E-state index in [-0.39, 0.29) is 29.6 Å². The lowest BCUT2D eigenvalue weighted by molar-refractivity contribution is -0.385. The maximum Gasteiger partial charge on any atom is 0.308 e. The van der Waals surface area contributed by atoms with E-state index in [2.05, 4.69) is 10.4 Å². The molecule has 10 heteroatoms. The number of halogens is 1. The maximum absolute atomic E-state index is 13.3. The highest BCUT2D eigenvalue weighted by molar-refractivity contribution is 5.92. The van der Waals surface area contributed by atoms with Crippen molar-refractivity contribution in [1.82, 2.24) is 15.1 Å². The van der Waals surface area contributed by atoms with Crippen molar-refractivity contribution < 1.29 is 23.6 Å². The zero-order valence-electron chi connectivity index (χ0n) is 20.4. The highest BCUT2D eigenvalue weighted by Gasteiger charge is 2.26. The number of nitro benzene ring substituents is 1. The number of hydrogen-bond acceptors (Lipinski definition) is 6. The van der Waals surface area contributed by atoms with E-state index in [9.17, 15) is 24.1 Å². The van der Waals surface area contributed by atoms with Crippen molar-refractivity contribution >= 4 is 23.6 Å². The van der Waals surface area contributed by atoms with Crippen LogP contribution in [0.3, 0.4) is 0 Å². The molecule has 3 rings (SSSR count). The minimum Gasteiger partial charge on any atom is -0.463 e. The van der Waals surface area contributed by atoms with Crippen LogP contribution in [-0.2, 0) is 14.3 Å². The van der Waals surface area contributed by atoms with Gasteiger partial charge in [-0.1, -0.05) is 18.2 Å². The molecule has 188 valence electrons. The fourth-order valence-corrected chi connectivity index (χ4v) is 3.77. The predicted octanol–water partition coefficient (Wildman–Crippen LogP) is 4.75. The molecule has 0 aliphatic rings. The van der Waals surface area contributed by atoms with Crippen molar-refractivity contribution in [3.05, 3.63) is 93.1 Å². The summed E-state index contributed by atoms with van der Waals surface area (Å²) in [6.45, 7) is 6.98. The summed E-state index contributed by atoms with van der Waals surface area (Å²) >= 11 is 0. The molecule has 0 aliphatic heterocycles. The summed E-state index contributed by atoms with van der Waals surface area (Å²) in [6.07, 6.45) is 2.21. The molecule has 3 aromatic rings. The number of carbonyl (C=O) groups excluding carboxylic acids is 2. The summed E-state index contributed by atoms with van der Waals surface area (Å²) in [7, 11) is 0. The van der Waals surface area contributed by atoms with E-state index in [0.29, 0.717) is 16.9 Å². The summed E-state index contributed by atoms with van der Waals surface area (Å²) in [6, 6.07) is 10.8. The van der Waals surface area contributed by atoms with Crippen molar-refractivity contribution in [2.24, 2.45) is 0 Å². The molecule has 1 heterocycles. The van der Waals surface area contributed by atoms with Gasteiger partial charge in [0.05, 0.1) is 40.4 Å². The average Bonchev–Trinajstić information content (AvgIpc) is 3.10. The van der Waals surface area contributed by atoms with Gasteiger partial charge in [0.25, 0.3) is 5.69 Å². The van der Waals surface area contributed by atoms with Gasteiger partial charge >= 0.3 is 5.97 Å². The van der Waals surface area contributed by atoms with Crippen molar-refractivity contribution in [3.63, 3.8) is 0 Å². The summed E-state index contributed by atoms with van der Waals surface area (Å²) in [5, 5.41) is 18.7. The lowest BCUT2D eigenvalue weighted by Crippen LogP contribution is -2.30. The number of para-hydroxylation sites is 1. The van der Waals surface area contributed by atoms with Crippen LogP contribution in [-0.4, -0.2) is 32.7 Å². The van der Waals surface area contributed by atoms with Crippen molar-refractivity contribution in [2.75, 3.05) is 0 Å². The summed E-state index contributed by atoms with van der Waals surface area (Å²) in [4.78, 5) is 36.1. The number of rotatable bonds is 9. The highest BCUT2D eigenvalue weighted by atomic mass is 19.1. The van der Waals surface area contributed by atoms with E-state index in [4.69, 9.17) is 4.74 Å². The Balaban J connectivity index is 1.85. The van der Waals surface area contributed by atoms with Crippen LogP contribution in [0.25, 0.3) is 11.8 Å². The highest BCUT2D eigenvalue weighted by Crippen LogP contribution is 2.28. The Bertz CT molecular complexity index is 1300. The number of amides is 1. The monoisotopic (exact) mass is 494 g/mol. The minimum atomic E-state index is -0.973. The number of nitrogens with zero attached hydrogens (tertiary/aromatic N) is 3. The number of aryl methyl sites for hydroxylation is 1. The van der Waals surface area contributed by atoms with E-state index >= 15 is 0 Å². The normalized spacial score (nSPS) is 12.1. The Morgan fingerprint density at radius 2 is 1.83 bits per heavy atom. The first-order valence-electron chi connectivity index (χ1n) is 11.3. The Morgan fingerprint density at radius 3 is 2.47 bits per heavy atom. The Hall–Kier alpha value is -4.34. The van der Waals surface area contributed by atoms with E-state index in [0.717, 1.165) is 5.69 Å². The summed E-state index contributed by atoms with van der Waals surface area (Å²) < 4.78 is 20.1. The number of benzene rings is 2. The van der Waals surface area contributed by atoms with Crippen LogP contribution in [0.4, 0.5) is 10.1 Å². The second-order valence-corrected chi connectivity index (χ2v) is 8.43. The molecule has 1 unspecified atom stereocenters. The molecule has 0 bridgehead atoms. The Morgan fingerprint density at radius 1 is 1.17 bits per heavy atom. The number of ether oxygens (including phenoxy) is 1. The second kappa shape index (κ2) is 11.4. The zero-order valence-corrected chi connectivity index (χ0v) is 20.4. The molecule has 36 heavy (non-hydrogen) atoms. The van der Waals surface area contributed by atoms with Crippen LogP contribution in [0.2, 0.25) is 0 Å². The largest absolute Gasteiger partial charge is 0.463 e. The van der Waals surface area contributed by atoms with Gasteiger partial charge in [-0.15, -0.1) is 0 Å². The molecule has 0 aliphatic carbocycles. The average molecular weight is 495 g/mol. The van der Waals surface area contributed by atoms with E-state index in [1.54, 1.807) is 49.7 Å². The number of esters is 1. The van der Waals surface area contributed by atoms with Gasteiger partial charge in [-0.3, -0.25) is 19.7 Å². The molecule has 0 saturated carbocycles. The molecule has 0 spiro atoms. The van der Waals surface area contributed by atoms with E-state index in [1.165, 1.54) is 36.4 Å². The number of hydrogen-bond donors (Lipinski definition) is 1. The van der Waals surface area contributed by atoms with Crippen molar-refractivity contribution in [1.29, 1.82) is 0 Å². The van der Waals surface area contributed by atoms with Crippen LogP contribution < -0.4 is 5.32 Å². The molecule has 0 saturated heterocycles. The standard InChI is InChI=1S/C26H27FN4O5/c1-16(2)36-26(33)15-23(22-7-5-6-8-24(22)31(34)35)28-25(32)14-13-21-17(3)29-30(18(21)4)20-11-9-19(27)10-12-20/h5-14,16,23H,15H2,1-4H3,(H,28,32)/b14-13+. The fraction of sp³-hybridized carbons (Fsp3) is 0.269. The third-order valence-electron chi connectivity index (χ3n) is 5.38. The third-order valence-corrected chi connectivity index (χ3v) is 5.38. The van der Waals surface area contributed by atoms with Gasteiger partial charge in [0.2, 0.25) is 5.91 Å². The van der Waals surface area contributed by atoms with Crippen LogP contribution >= 0.6 is 0 Å². The van der Waals surface area contributed by atoms with Gasteiger partial charge in [0, 0.05) is 23.4 Å². The molecular weight excluding hydrogens is 467 g/mol. The molecule has 1 aromatic heterocycles. The topological polar surface area (TPSA) is 116 Å². The molecule has 0 fully saturated rings. The van der Waals surface area contributed by atoms with Crippen LogP contribution in [0, 0.1) is 29.8 Å². The molecule has 1 atom stereocenters. The van der Waals surface area contributed by atoms with Crippen molar-refractivity contribution in [2.45, 2.75) is 46.3 Å². The van der Waals surface area contributed by atoms with Gasteiger partial charge in [0.1, 0.15) is 5.82 Å². The van der Waals surface area contributed by atoms with Crippen LogP contribution in [0.5, 0.6) is 0 Å². The number of nitrogens with one attached hydrogen (secondary N) is 1. The first-order valence-corrected chi connectivity index (χ1v) is 11.3. The first-order chi connectivity index (χ1) is 17.1. The van der Waals surface area contributed by atoms with Gasteiger partial charge < -0.3 is 10.1 Å². The molecule has 1 amide bonds. The van der Waals surface area contributed by atoms with Crippen LogP contribution in [0.15, 0.2) is 54.6 Å². The maximum atomic E-state index is 13.3. The summed E-state index contributed by atoms with van der Waals surface area (Å²) in [5.41, 5.74) is 2.73. The van der Waals surface area contributed by atoms with Gasteiger partial charge in [-0.2, -0.15) is 5.10 Å². The number of carbonyl (C=O) groups is 2. The first kappa shape index (κ1) is 26.3. The molecule has 2 aromatic carbocycles. The minimum absolute atomic E-state index is 0.196. The van der Waals surface area contributed by atoms with Crippen LogP contribution in [0.1, 0.15) is 48.8 Å². The molecular formula is C26H27FN4O5. The molecule has 9 nitrogen and oxygen atoms in total. The molecule has 0 radical (unpaired) electrons. The van der Waals surface area contributed by atoms with Crippen molar-refractivity contribution in [3.8, 4) is 5.69 Å². The van der Waals surface area contributed by atoms with Gasteiger partial charge in [0.15, 0.2) is 0 Å². The van der Waals surface area contributed by atoms with Gasteiger partial charge in [-0.25, -0.2) is 9.07 Å². The van der Waals surface area contributed by atoms with E-state index in [1.807, 2.05) is 6.92 Å². The zero-order chi connectivity index (χ0) is 26.4. The second-order valence-electron chi connectivity index (χ2n) is 8.43. The Labute approximate surface area is 207 Å². The molecule has 1 N–H and O–H groups in total.